The first-order valence-electron chi connectivity index (χ1n) is 6.30. The maximum atomic E-state index is 11.8. The van der Waals surface area contributed by atoms with Crippen molar-refractivity contribution in [1.82, 2.24) is 4.98 Å². The average Bonchev–Trinajstić information content (AvgIpc) is 2.81. The Morgan fingerprint density at radius 1 is 1.33 bits per heavy atom. The minimum absolute atomic E-state index is 0.432. The van der Waals surface area contributed by atoms with Crippen LogP contribution in [-0.2, 0) is 16.3 Å². The number of aryl methyl sites for hydroxylation is 1. The molecule has 0 radical (unpaired) electrons. The third-order valence-corrected chi connectivity index (χ3v) is 4.00. The highest BCUT2D eigenvalue weighted by atomic mass is 32.2. The molecule has 1 aromatic heterocycles. The van der Waals surface area contributed by atoms with Gasteiger partial charge in [-0.05, 0) is 31.2 Å². The van der Waals surface area contributed by atoms with Crippen molar-refractivity contribution in [1.29, 1.82) is 0 Å². The maximum absolute atomic E-state index is 11.8. The topological polar surface area (TPSA) is 71.4 Å². The van der Waals surface area contributed by atoms with E-state index in [1.807, 2.05) is 12.3 Å². The summed E-state index contributed by atoms with van der Waals surface area (Å²) in [4.78, 5) is 16.1. The molecule has 0 fully saturated rings. The summed E-state index contributed by atoms with van der Waals surface area (Å²) < 4.78 is 15.2. The minimum Gasteiger partial charge on any atom is -0.379 e. The Labute approximate surface area is 128 Å². The fourth-order valence-corrected chi connectivity index (χ4v) is 2.78. The van der Waals surface area contributed by atoms with E-state index in [9.17, 15) is 9.00 Å². The molecule has 1 N–H and O–H groups in total. The number of thiazole rings is 1. The number of rotatable bonds is 4. The summed E-state index contributed by atoms with van der Waals surface area (Å²) >= 11 is 1.62. The van der Waals surface area contributed by atoms with Gasteiger partial charge >= 0.3 is 0 Å². The number of carbonyl (C=O) groups is 1. The number of carbonyl (C=O) groups excluding carboxylic acids is 1. The summed E-state index contributed by atoms with van der Waals surface area (Å²) in [5, 5.41) is 6.29. The number of aromatic nitrogens is 1. The summed E-state index contributed by atoms with van der Waals surface area (Å²) in [6.45, 7) is 2.61. The van der Waals surface area contributed by atoms with Gasteiger partial charge < -0.3 is 5.32 Å². The molecule has 1 aromatic carbocycles. The maximum Gasteiger partial charge on any atom is 0.285 e. The van der Waals surface area contributed by atoms with Crippen LogP contribution in [0.4, 0.5) is 5.69 Å². The molecular formula is C14H17N3O2S2. The number of nitrogens with one attached hydrogen (secondary N) is 1. The SMILES string of the molecule is Cc1nc(CNc2ccc(C(=O)N=S(C)(C)=O)cc2)cs1. The first kappa shape index (κ1) is 15.7. The zero-order valence-corrected chi connectivity index (χ0v) is 13.8. The van der Waals surface area contributed by atoms with Gasteiger partial charge in [0.2, 0.25) is 0 Å². The van der Waals surface area contributed by atoms with Crippen LogP contribution in [0.1, 0.15) is 21.1 Å². The van der Waals surface area contributed by atoms with E-state index in [0.717, 1.165) is 16.4 Å². The van der Waals surface area contributed by atoms with Crippen molar-refractivity contribution in [2.75, 3.05) is 17.8 Å². The van der Waals surface area contributed by atoms with Gasteiger partial charge in [0.05, 0.1) is 17.2 Å². The first-order valence-corrected chi connectivity index (χ1v) is 9.51. The molecule has 5 nitrogen and oxygen atoms in total. The van der Waals surface area contributed by atoms with Crippen LogP contribution in [0.2, 0.25) is 0 Å². The van der Waals surface area contributed by atoms with E-state index in [-0.39, 0.29) is 0 Å². The number of benzene rings is 1. The van der Waals surface area contributed by atoms with E-state index in [0.29, 0.717) is 12.1 Å². The molecule has 0 aliphatic heterocycles. The van der Waals surface area contributed by atoms with Crippen LogP contribution in [0.25, 0.3) is 0 Å². The van der Waals surface area contributed by atoms with Crippen molar-refractivity contribution < 1.29 is 9.00 Å². The summed E-state index contributed by atoms with van der Waals surface area (Å²) in [6.07, 6.45) is 2.88. The predicted octanol–water partition coefficient (Wildman–Crippen LogP) is 2.93. The molecule has 0 unspecified atom stereocenters. The van der Waals surface area contributed by atoms with Crippen molar-refractivity contribution in [3.8, 4) is 0 Å². The van der Waals surface area contributed by atoms with Gasteiger partial charge in [-0.25, -0.2) is 9.19 Å². The molecule has 0 aliphatic rings. The Kier molecular flexibility index (Phi) is 4.74. The zero-order chi connectivity index (χ0) is 15.5. The second-order valence-corrected chi connectivity index (χ2v) is 8.47. The lowest BCUT2D eigenvalue weighted by Gasteiger charge is -2.05. The molecule has 0 spiro atoms. The molecule has 2 rings (SSSR count). The lowest BCUT2D eigenvalue weighted by Crippen LogP contribution is -2.02. The molecule has 21 heavy (non-hydrogen) atoms. The third kappa shape index (κ3) is 4.95. The van der Waals surface area contributed by atoms with Gasteiger partial charge in [-0.3, -0.25) is 4.79 Å². The van der Waals surface area contributed by atoms with Crippen LogP contribution in [0, 0.1) is 6.92 Å². The molecule has 2 aromatic rings. The highest BCUT2D eigenvalue weighted by Gasteiger charge is 2.06. The fraction of sp³-hybridized carbons (Fsp3) is 0.286. The van der Waals surface area contributed by atoms with E-state index >= 15 is 0 Å². The van der Waals surface area contributed by atoms with E-state index in [2.05, 4.69) is 14.7 Å². The van der Waals surface area contributed by atoms with Gasteiger partial charge in [-0.2, -0.15) is 4.36 Å². The number of hydrogen-bond acceptors (Lipinski definition) is 5. The Morgan fingerprint density at radius 3 is 2.52 bits per heavy atom. The Bertz CT molecular complexity index is 749. The largest absolute Gasteiger partial charge is 0.379 e. The van der Waals surface area contributed by atoms with Crippen LogP contribution < -0.4 is 5.32 Å². The number of amides is 1. The quantitative estimate of drug-likeness (QED) is 0.939. The number of nitrogens with zero attached hydrogens (tertiary/aromatic N) is 2. The normalized spacial score (nSPS) is 11.2. The Morgan fingerprint density at radius 2 is 2.00 bits per heavy atom. The van der Waals surface area contributed by atoms with Gasteiger partial charge in [-0.1, -0.05) is 0 Å². The highest BCUT2D eigenvalue weighted by Crippen LogP contribution is 2.14. The van der Waals surface area contributed by atoms with Crippen molar-refractivity contribution in [3.05, 3.63) is 45.9 Å². The van der Waals surface area contributed by atoms with Gasteiger partial charge in [0.25, 0.3) is 5.91 Å². The summed E-state index contributed by atoms with van der Waals surface area (Å²) in [5.74, 6) is -0.452. The van der Waals surface area contributed by atoms with Crippen molar-refractivity contribution in [3.63, 3.8) is 0 Å². The minimum atomic E-state index is -2.42. The third-order valence-electron chi connectivity index (χ3n) is 2.57. The second kappa shape index (κ2) is 6.36. The lowest BCUT2D eigenvalue weighted by atomic mass is 10.2. The van der Waals surface area contributed by atoms with Gasteiger partial charge in [0.1, 0.15) is 0 Å². The summed E-state index contributed by atoms with van der Waals surface area (Å²) in [7, 11) is -2.42. The smallest absolute Gasteiger partial charge is 0.285 e. The van der Waals surface area contributed by atoms with E-state index in [4.69, 9.17) is 0 Å². The summed E-state index contributed by atoms with van der Waals surface area (Å²) in [5.41, 5.74) is 2.32. The van der Waals surface area contributed by atoms with E-state index < -0.39 is 15.6 Å². The van der Waals surface area contributed by atoms with Crippen LogP contribution >= 0.6 is 11.3 Å². The number of hydrogen-bond donors (Lipinski definition) is 1. The average molecular weight is 323 g/mol. The van der Waals surface area contributed by atoms with Gasteiger partial charge in [0.15, 0.2) is 0 Å². The van der Waals surface area contributed by atoms with Crippen LogP contribution in [0.3, 0.4) is 0 Å². The molecule has 112 valence electrons. The monoisotopic (exact) mass is 323 g/mol. The molecule has 7 heteroatoms. The molecule has 0 saturated heterocycles. The molecule has 0 aliphatic carbocycles. The Balaban J connectivity index is 2.02. The second-order valence-electron chi connectivity index (χ2n) is 4.87. The van der Waals surface area contributed by atoms with Crippen LogP contribution in [0.5, 0.6) is 0 Å². The van der Waals surface area contributed by atoms with Crippen LogP contribution in [-0.4, -0.2) is 27.6 Å². The van der Waals surface area contributed by atoms with E-state index in [1.54, 1.807) is 35.6 Å². The number of anilines is 1. The molecule has 1 heterocycles. The van der Waals surface area contributed by atoms with E-state index in [1.165, 1.54) is 12.5 Å². The lowest BCUT2D eigenvalue weighted by molar-refractivity contribution is 0.100. The highest BCUT2D eigenvalue weighted by molar-refractivity contribution is 7.92. The predicted molar refractivity (Wildman–Crippen MR) is 87.4 cm³/mol. The fourth-order valence-electron chi connectivity index (χ4n) is 1.67. The summed E-state index contributed by atoms with van der Waals surface area (Å²) in [6, 6.07) is 6.95. The Hall–Kier alpha value is -1.73. The van der Waals surface area contributed by atoms with Gasteiger partial charge in [0, 0.05) is 38.9 Å². The van der Waals surface area contributed by atoms with Crippen molar-refractivity contribution >= 4 is 32.7 Å². The standard InChI is InChI=1S/C14H17N3O2S2/c1-10-16-13(9-20-10)8-15-12-6-4-11(5-7-12)14(18)17-21(2,3)19/h4-7,9,15H,8H2,1-3H3. The zero-order valence-electron chi connectivity index (χ0n) is 12.1. The molecule has 0 atom stereocenters. The first-order chi connectivity index (χ1) is 9.83. The molecule has 0 bridgehead atoms. The van der Waals surface area contributed by atoms with Crippen LogP contribution in [0.15, 0.2) is 34.0 Å². The van der Waals surface area contributed by atoms with Crippen molar-refractivity contribution in [2.45, 2.75) is 13.5 Å². The molecule has 1 amide bonds. The van der Waals surface area contributed by atoms with Crippen molar-refractivity contribution in [2.24, 2.45) is 4.36 Å². The van der Waals surface area contributed by atoms with Gasteiger partial charge in [-0.15, -0.1) is 11.3 Å². The molecular weight excluding hydrogens is 306 g/mol. The molecule has 0 saturated carbocycles.